The van der Waals surface area contributed by atoms with E-state index in [-0.39, 0.29) is 5.82 Å². The topological polar surface area (TPSA) is 232 Å². The molecule has 16 heteroatoms. The molecule has 1 saturated heterocycles. The van der Waals surface area contributed by atoms with Crippen molar-refractivity contribution in [3.05, 3.63) is 12.7 Å². The van der Waals surface area contributed by atoms with Crippen molar-refractivity contribution in [3.8, 4) is 0 Å². The Labute approximate surface area is 165 Å². The van der Waals surface area contributed by atoms with Gasteiger partial charge in [0.1, 0.15) is 30.2 Å². The molecule has 4 atom stereocenters. The van der Waals surface area contributed by atoms with E-state index in [1.54, 1.807) is 4.57 Å². The van der Waals surface area contributed by atoms with Gasteiger partial charge in [-0.15, -0.1) is 0 Å². The summed E-state index contributed by atoms with van der Waals surface area (Å²) in [6, 6.07) is 0. The first-order chi connectivity index (χ1) is 13.5. The van der Waals surface area contributed by atoms with Gasteiger partial charge in [0.05, 0.1) is 12.9 Å². The van der Waals surface area contributed by atoms with E-state index in [9.17, 15) is 10.2 Å². The van der Waals surface area contributed by atoms with Crippen LogP contribution in [0.25, 0.3) is 11.2 Å². The number of rotatable bonds is 6. The molecule has 1 fully saturated rings. The van der Waals surface area contributed by atoms with Gasteiger partial charge in [0.15, 0.2) is 17.7 Å². The first-order valence-corrected chi connectivity index (χ1v) is 9.57. The van der Waals surface area contributed by atoms with Crippen LogP contribution in [0.5, 0.6) is 0 Å². The first-order valence-electron chi connectivity index (χ1n) is 8.17. The zero-order valence-electron chi connectivity index (χ0n) is 15.3. The predicted octanol–water partition coefficient (Wildman–Crippen LogP) is -2.80. The summed E-state index contributed by atoms with van der Waals surface area (Å²) in [6.45, 7) is 1.33. The van der Waals surface area contributed by atoms with Gasteiger partial charge in [-0.1, -0.05) is 0 Å². The van der Waals surface area contributed by atoms with E-state index in [0.717, 1.165) is 0 Å². The lowest BCUT2D eigenvalue weighted by Gasteiger charge is -2.22. The number of aliphatic hydroxyl groups excluding tert-OH is 2. The molecule has 8 N–H and O–H groups in total. The van der Waals surface area contributed by atoms with Gasteiger partial charge in [-0.05, 0) is 7.05 Å². The van der Waals surface area contributed by atoms with Gasteiger partial charge in [-0.25, -0.2) is 20.8 Å². The molecular weight excluding hydrogens is 414 g/mol. The van der Waals surface area contributed by atoms with Crippen molar-refractivity contribution in [1.29, 1.82) is 0 Å². The highest BCUT2D eigenvalue weighted by Gasteiger charge is 2.44. The second-order valence-corrected chi connectivity index (χ2v) is 7.11. The van der Waals surface area contributed by atoms with Crippen molar-refractivity contribution in [2.24, 2.45) is 5.90 Å². The molecule has 0 spiro atoms. The fourth-order valence-corrected chi connectivity index (χ4v) is 2.77. The number of fused-ring (bicyclic) bond motifs is 1. The minimum Gasteiger partial charge on any atom is -0.387 e. The van der Waals surface area contributed by atoms with Gasteiger partial charge >= 0.3 is 10.4 Å². The van der Waals surface area contributed by atoms with Crippen LogP contribution in [0.1, 0.15) is 6.23 Å². The molecule has 0 saturated carbocycles. The average Bonchev–Trinajstić information content (AvgIpc) is 3.16. The van der Waals surface area contributed by atoms with Gasteiger partial charge in [-0.3, -0.25) is 13.7 Å². The molecule has 3 heterocycles. The zero-order valence-corrected chi connectivity index (χ0v) is 16.1. The summed E-state index contributed by atoms with van der Waals surface area (Å²) in [4.78, 5) is 18.6. The van der Waals surface area contributed by atoms with E-state index in [1.165, 1.54) is 12.7 Å². The molecule has 0 aromatic carbocycles. The highest BCUT2D eigenvalue weighted by molar-refractivity contribution is 7.79. The van der Waals surface area contributed by atoms with Crippen molar-refractivity contribution < 1.29 is 37.3 Å². The lowest BCUT2D eigenvalue weighted by molar-refractivity contribution is -0.0436. The molecule has 164 valence electrons. The molecule has 0 amide bonds. The summed E-state index contributed by atoms with van der Waals surface area (Å²) in [5.74, 6) is 5.25. The molecule has 1 aliphatic heterocycles. The van der Waals surface area contributed by atoms with Crippen LogP contribution in [0.2, 0.25) is 0 Å². The summed E-state index contributed by atoms with van der Waals surface area (Å²) in [5, 5.41) is 20.6. The number of hydrogen-bond donors (Lipinski definition) is 6. The summed E-state index contributed by atoms with van der Waals surface area (Å²) < 4.78 is 39.0. The fourth-order valence-electron chi connectivity index (χ4n) is 2.77. The minimum absolute atomic E-state index is 0.241. The monoisotopic (exact) mass is 437 g/mol. The molecule has 0 bridgehead atoms. The number of nitrogens with two attached hydrogens (primary N) is 2. The highest BCUT2D eigenvalue weighted by atomic mass is 32.3. The van der Waals surface area contributed by atoms with Crippen molar-refractivity contribution >= 4 is 27.4 Å². The van der Waals surface area contributed by atoms with Crippen molar-refractivity contribution in [1.82, 2.24) is 24.4 Å². The van der Waals surface area contributed by atoms with E-state index in [1.807, 2.05) is 11.9 Å². The number of aromatic nitrogens is 4. The number of nitrogens with zero attached hydrogens (tertiary/aromatic N) is 5. The number of ether oxygens (including phenoxy) is 1. The molecule has 2 aromatic rings. The number of imidazole rings is 1. The van der Waals surface area contributed by atoms with E-state index < -0.39 is 34.9 Å². The van der Waals surface area contributed by atoms with E-state index >= 15 is 0 Å². The van der Waals surface area contributed by atoms with Crippen LogP contribution >= 0.6 is 0 Å². The van der Waals surface area contributed by atoms with Crippen LogP contribution in [0, 0.1) is 0 Å². The lowest BCUT2D eigenvalue weighted by Crippen LogP contribution is -2.39. The molecule has 3 rings (SSSR count). The second-order valence-electron chi connectivity index (χ2n) is 6.21. The van der Waals surface area contributed by atoms with E-state index in [4.69, 9.17) is 33.9 Å². The Morgan fingerprint density at radius 2 is 1.93 bits per heavy atom. The largest absolute Gasteiger partial charge is 0.394 e. The van der Waals surface area contributed by atoms with Gasteiger partial charge in [-0.2, -0.15) is 8.42 Å². The van der Waals surface area contributed by atoms with Gasteiger partial charge < -0.3 is 30.4 Å². The fraction of sp³-hybridized carbons (Fsp3) is 0.615. The Bertz CT molecular complexity index is 902. The SMILES string of the molecule is CN(CCON)C[C@H]1O[C@@H](n2cnc3c(N)ncnc32)C(O)C1O.O=S(=O)(O)O. The smallest absolute Gasteiger partial charge is 0.387 e. The third-order valence-corrected chi connectivity index (χ3v) is 4.08. The molecule has 0 aliphatic carbocycles. The van der Waals surface area contributed by atoms with Gasteiger partial charge in [0.25, 0.3) is 0 Å². The Morgan fingerprint density at radius 3 is 2.55 bits per heavy atom. The highest BCUT2D eigenvalue weighted by Crippen LogP contribution is 2.32. The first kappa shape index (κ1) is 23.3. The molecule has 0 radical (unpaired) electrons. The van der Waals surface area contributed by atoms with Crippen LogP contribution in [-0.2, 0) is 20.0 Å². The van der Waals surface area contributed by atoms with Crippen molar-refractivity contribution in [3.63, 3.8) is 0 Å². The van der Waals surface area contributed by atoms with Gasteiger partial charge in [0.2, 0.25) is 0 Å². The van der Waals surface area contributed by atoms with Crippen LogP contribution in [-0.4, -0.2) is 97.2 Å². The molecule has 15 nitrogen and oxygen atoms in total. The maximum Gasteiger partial charge on any atom is 0.394 e. The lowest BCUT2D eigenvalue weighted by atomic mass is 10.1. The average molecular weight is 437 g/mol. The van der Waals surface area contributed by atoms with E-state index in [2.05, 4.69) is 19.8 Å². The van der Waals surface area contributed by atoms with E-state index in [0.29, 0.717) is 30.9 Å². The maximum absolute atomic E-state index is 10.4. The zero-order chi connectivity index (χ0) is 21.8. The number of likely N-dealkylation sites (N-methyl/N-ethyl adjacent to an activating group) is 1. The molecule has 2 unspecified atom stereocenters. The summed E-state index contributed by atoms with van der Waals surface area (Å²) in [5.41, 5.74) is 6.62. The molecule has 29 heavy (non-hydrogen) atoms. The number of anilines is 1. The van der Waals surface area contributed by atoms with Crippen molar-refractivity contribution in [2.75, 3.05) is 32.5 Å². The van der Waals surface area contributed by atoms with Crippen LogP contribution in [0.4, 0.5) is 5.82 Å². The van der Waals surface area contributed by atoms with Gasteiger partial charge in [0, 0.05) is 13.1 Å². The number of nitrogen functional groups attached to an aromatic ring is 1. The van der Waals surface area contributed by atoms with Crippen molar-refractivity contribution in [2.45, 2.75) is 24.5 Å². The Morgan fingerprint density at radius 1 is 1.28 bits per heavy atom. The molecular formula is C13H23N7O8S. The Balaban J connectivity index is 0.000000537. The normalized spacial score (nSPS) is 24.7. The minimum atomic E-state index is -4.67. The Hall–Kier alpha value is -2.02. The predicted molar refractivity (Wildman–Crippen MR) is 97.5 cm³/mol. The number of aliphatic hydroxyl groups is 2. The number of hydrogen-bond acceptors (Lipinski definition) is 12. The summed E-state index contributed by atoms with van der Waals surface area (Å²) >= 11 is 0. The maximum atomic E-state index is 10.4. The molecule has 1 aliphatic rings. The van der Waals surface area contributed by atoms with Crippen LogP contribution < -0.4 is 11.6 Å². The summed E-state index contributed by atoms with van der Waals surface area (Å²) in [7, 11) is -2.82. The quantitative estimate of drug-likeness (QED) is 0.198. The Kier molecular flexibility index (Phi) is 7.74. The summed E-state index contributed by atoms with van der Waals surface area (Å²) in [6.07, 6.45) is -0.792. The third-order valence-electron chi connectivity index (χ3n) is 4.08. The standard InChI is InChI=1S/C13H21N7O4.H2O4S/c1-19(2-3-23-15)4-7-9(21)10(22)13(24-7)20-6-18-8-11(14)16-5-17-12(8)20;1-5(2,3)4/h5-7,9-10,13,21-22H,2-4,15H2,1H3,(H2,14,16,17);(H2,1,2,3,4)/t7-,9?,10?,13-;/m1./s1. The van der Waals surface area contributed by atoms with Crippen LogP contribution in [0.3, 0.4) is 0 Å². The second kappa shape index (κ2) is 9.65. The van der Waals surface area contributed by atoms with Crippen LogP contribution in [0.15, 0.2) is 12.7 Å². The molecule has 2 aromatic heterocycles. The third kappa shape index (κ3) is 6.23.